The topological polar surface area (TPSA) is 74.0 Å². The number of carbonyl (C=O) groups is 1. The van der Waals surface area contributed by atoms with Crippen LogP contribution in [0.15, 0.2) is 23.1 Å². The SMILES string of the molecule is CC1(CNC(=O)c2ccc[nH]c2=O)CCCNC1. The van der Waals surface area contributed by atoms with Crippen LogP contribution >= 0.6 is 0 Å². The summed E-state index contributed by atoms with van der Waals surface area (Å²) >= 11 is 0. The Morgan fingerprint density at radius 1 is 1.56 bits per heavy atom. The fraction of sp³-hybridized carbons (Fsp3) is 0.538. The first kappa shape index (κ1) is 12.8. The minimum absolute atomic E-state index is 0.0788. The van der Waals surface area contributed by atoms with Gasteiger partial charge in [0.05, 0.1) is 0 Å². The molecule has 3 N–H and O–H groups in total. The van der Waals surface area contributed by atoms with Gasteiger partial charge in [-0.2, -0.15) is 0 Å². The standard InChI is InChI=1S/C13H19N3O2/c1-13(5-3-6-14-8-13)9-16-12(18)10-4-2-7-15-11(10)17/h2,4,7,14H,3,5-6,8-9H2,1H3,(H,15,17)(H,16,18). The maximum atomic E-state index is 11.9. The lowest BCUT2D eigenvalue weighted by Crippen LogP contribution is -2.46. The van der Waals surface area contributed by atoms with E-state index in [2.05, 4.69) is 22.5 Å². The molecule has 5 heteroatoms. The van der Waals surface area contributed by atoms with Crippen molar-refractivity contribution in [1.82, 2.24) is 15.6 Å². The number of hydrogen-bond donors (Lipinski definition) is 3. The molecular weight excluding hydrogens is 230 g/mol. The van der Waals surface area contributed by atoms with E-state index < -0.39 is 0 Å². The summed E-state index contributed by atoms with van der Waals surface area (Å²) in [5, 5.41) is 6.18. The Balaban J connectivity index is 1.96. The third-order valence-corrected chi connectivity index (χ3v) is 3.42. The lowest BCUT2D eigenvalue weighted by Gasteiger charge is -2.34. The first-order valence-electron chi connectivity index (χ1n) is 6.27. The summed E-state index contributed by atoms with van der Waals surface area (Å²) in [6, 6.07) is 3.19. The van der Waals surface area contributed by atoms with Crippen LogP contribution in [0.4, 0.5) is 0 Å². The highest BCUT2D eigenvalue weighted by atomic mass is 16.2. The van der Waals surface area contributed by atoms with E-state index in [4.69, 9.17) is 0 Å². The first-order chi connectivity index (χ1) is 8.61. The number of rotatable bonds is 3. The third-order valence-electron chi connectivity index (χ3n) is 3.42. The van der Waals surface area contributed by atoms with Crippen LogP contribution in [0, 0.1) is 5.41 Å². The maximum absolute atomic E-state index is 11.9. The van der Waals surface area contributed by atoms with Crippen molar-refractivity contribution in [2.75, 3.05) is 19.6 Å². The minimum Gasteiger partial charge on any atom is -0.351 e. The van der Waals surface area contributed by atoms with Crippen LogP contribution in [0.3, 0.4) is 0 Å². The Kier molecular flexibility index (Phi) is 3.81. The van der Waals surface area contributed by atoms with Gasteiger partial charge < -0.3 is 15.6 Å². The third kappa shape index (κ3) is 2.98. The van der Waals surface area contributed by atoms with E-state index in [1.54, 1.807) is 6.07 Å². The van der Waals surface area contributed by atoms with E-state index in [1.807, 2.05) is 0 Å². The molecule has 1 amide bonds. The average molecular weight is 249 g/mol. The van der Waals surface area contributed by atoms with Crippen LogP contribution in [0.5, 0.6) is 0 Å². The molecule has 0 radical (unpaired) electrons. The van der Waals surface area contributed by atoms with Gasteiger partial charge in [-0.3, -0.25) is 9.59 Å². The van der Waals surface area contributed by atoms with E-state index in [9.17, 15) is 9.59 Å². The van der Waals surface area contributed by atoms with Crippen LogP contribution in [-0.2, 0) is 0 Å². The lowest BCUT2D eigenvalue weighted by molar-refractivity contribution is 0.0923. The van der Waals surface area contributed by atoms with Gasteiger partial charge in [-0.25, -0.2) is 0 Å². The molecule has 18 heavy (non-hydrogen) atoms. The van der Waals surface area contributed by atoms with Crippen molar-refractivity contribution in [2.45, 2.75) is 19.8 Å². The highest BCUT2D eigenvalue weighted by molar-refractivity contribution is 5.93. The molecule has 0 bridgehead atoms. The van der Waals surface area contributed by atoms with Crippen molar-refractivity contribution in [3.63, 3.8) is 0 Å². The normalized spacial score (nSPS) is 23.6. The number of amides is 1. The Morgan fingerprint density at radius 2 is 2.39 bits per heavy atom. The highest BCUT2D eigenvalue weighted by Crippen LogP contribution is 2.24. The summed E-state index contributed by atoms with van der Waals surface area (Å²) in [7, 11) is 0. The van der Waals surface area contributed by atoms with Gasteiger partial charge in [-0.05, 0) is 36.9 Å². The van der Waals surface area contributed by atoms with E-state index in [-0.39, 0.29) is 22.4 Å². The number of pyridine rings is 1. The fourth-order valence-corrected chi connectivity index (χ4v) is 2.26. The molecule has 0 saturated carbocycles. The van der Waals surface area contributed by atoms with Crippen LogP contribution in [0.1, 0.15) is 30.1 Å². The predicted octanol–water partition coefficient (Wildman–Crippen LogP) is 0.494. The molecule has 0 aromatic carbocycles. The van der Waals surface area contributed by atoms with Crippen molar-refractivity contribution in [3.05, 3.63) is 34.2 Å². The molecule has 1 saturated heterocycles. The molecule has 0 aliphatic carbocycles. The number of carbonyl (C=O) groups excluding carboxylic acids is 1. The highest BCUT2D eigenvalue weighted by Gasteiger charge is 2.27. The number of nitrogens with one attached hydrogen (secondary N) is 3. The van der Waals surface area contributed by atoms with E-state index in [0.717, 1.165) is 25.9 Å². The van der Waals surface area contributed by atoms with E-state index in [0.29, 0.717) is 6.54 Å². The summed E-state index contributed by atoms with van der Waals surface area (Å²) in [6.07, 6.45) is 3.73. The van der Waals surface area contributed by atoms with Crippen molar-refractivity contribution in [2.24, 2.45) is 5.41 Å². The molecule has 98 valence electrons. The molecule has 0 spiro atoms. The van der Waals surface area contributed by atoms with Gasteiger partial charge in [-0.15, -0.1) is 0 Å². The van der Waals surface area contributed by atoms with Crippen molar-refractivity contribution in [3.8, 4) is 0 Å². The number of piperidine rings is 1. The zero-order valence-electron chi connectivity index (χ0n) is 10.6. The Hall–Kier alpha value is -1.62. The summed E-state index contributed by atoms with van der Waals surface area (Å²) in [6.45, 7) is 4.68. The molecule has 5 nitrogen and oxygen atoms in total. The minimum atomic E-state index is -0.345. The van der Waals surface area contributed by atoms with Crippen molar-refractivity contribution < 1.29 is 4.79 Å². The maximum Gasteiger partial charge on any atom is 0.260 e. The first-order valence-corrected chi connectivity index (χ1v) is 6.27. The number of hydrogen-bond acceptors (Lipinski definition) is 3. The van der Waals surface area contributed by atoms with Crippen LogP contribution in [0.2, 0.25) is 0 Å². The predicted molar refractivity (Wildman–Crippen MR) is 69.6 cm³/mol. The molecule has 1 aromatic heterocycles. The summed E-state index contributed by atoms with van der Waals surface area (Å²) in [5.74, 6) is -0.302. The number of aromatic nitrogens is 1. The van der Waals surface area contributed by atoms with Gasteiger partial charge in [0.1, 0.15) is 5.56 Å². The number of H-pyrrole nitrogens is 1. The average Bonchev–Trinajstić information content (AvgIpc) is 2.38. The van der Waals surface area contributed by atoms with E-state index in [1.165, 1.54) is 12.3 Å². The van der Waals surface area contributed by atoms with E-state index >= 15 is 0 Å². The second-order valence-electron chi connectivity index (χ2n) is 5.19. The van der Waals surface area contributed by atoms with Crippen LogP contribution < -0.4 is 16.2 Å². The summed E-state index contributed by atoms with van der Waals surface area (Å²) in [5.41, 5.74) is -0.0954. The van der Waals surface area contributed by atoms with Gasteiger partial charge in [0.15, 0.2) is 0 Å². The Labute approximate surface area is 106 Å². The quantitative estimate of drug-likeness (QED) is 0.730. The molecule has 1 aliphatic heterocycles. The molecule has 1 atom stereocenters. The zero-order valence-corrected chi connectivity index (χ0v) is 10.6. The molecule has 1 fully saturated rings. The monoisotopic (exact) mass is 249 g/mol. The van der Waals surface area contributed by atoms with Crippen molar-refractivity contribution in [1.29, 1.82) is 0 Å². The van der Waals surface area contributed by atoms with Crippen molar-refractivity contribution >= 4 is 5.91 Å². The molecule has 2 rings (SSSR count). The van der Waals surface area contributed by atoms with Gasteiger partial charge in [0.25, 0.3) is 11.5 Å². The molecule has 1 aromatic rings. The molecule has 1 unspecified atom stereocenters. The summed E-state index contributed by atoms with van der Waals surface area (Å²) in [4.78, 5) is 25.9. The second-order valence-corrected chi connectivity index (χ2v) is 5.19. The lowest BCUT2D eigenvalue weighted by atomic mass is 9.83. The van der Waals surface area contributed by atoms with Gasteiger partial charge in [0.2, 0.25) is 0 Å². The fourth-order valence-electron chi connectivity index (χ4n) is 2.26. The summed E-state index contributed by atoms with van der Waals surface area (Å²) < 4.78 is 0. The largest absolute Gasteiger partial charge is 0.351 e. The smallest absolute Gasteiger partial charge is 0.260 e. The van der Waals surface area contributed by atoms with Gasteiger partial charge >= 0.3 is 0 Å². The molecule has 1 aliphatic rings. The van der Waals surface area contributed by atoms with Gasteiger partial charge in [0, 0.05) is 19.3 Å². The molecule has 2 heterocycles. The van der Waals surface area contributed by atoms with Gasteiger partial charge in [-0.1, -0.05) is 6.92 Å². The second kappa shape index (κ2) is 5.35. The Bertz CT molecular complexity index is 475. The number of aromatic amines is 1. The van der Waals surface area contributed by atoms with Crippen LogP contribution in [-0.4, -0.2) is 30.5 Å². The van der Waals surface area contributed by atoms with Crippen LogP contribution in [0.25, 0.3) is 0 Å². The molecular formula is C13H19N3O2. The zero-order chi connectivity index (χ0) is 13.0. The Morgan fingerprint density at radius 3 is 3.06 bits per heavy atom.